The van der Waals surface area contributed by atoms with E-state index < -0.39 is 17.7 Å². The number of carbonyl (C=O) groups is 2. The van der Waals surface area contributed by atoms with Crippen molar-refractivity contribution in [2.45, 2.75) is 19.9 Å². The van der Waals surface area contributed by atoms with Crippen LogP contribution in [-0.2, 0) is 9.59 Å². The van der Waals surface area contributed by atoms with Gasteiger partial charge in [0, 0.05) is 18.7 Å². The number of carbonyl (C=O) groups excluding carboxylic acids is 2. The van der Waals surface area contributed by atoms with Crippen molar-refractivity contribution in [3.05, 3.63) is 58.2 Å². The van der Waals surface area contributed by atoms with Gasteiger partial charge in [-0.3, -0.25) is 9.59 Å². The second-order valence-corrected chi connectivity index (χ2v) is 8.54. The van der Waals surface area contributed by atoms with E-state index in [0.717, 1.165) is 11.1 Å². The first-order valence-corrected chi connectivity index (χ1v) is 11.0. The van der Waals surface area contributed by atoms with E-state index in [1.807, 2.05) is 38.9 Å². The minimum atomic E-state index is -0.865. The maximum atomic E-state index is 13.3. The summed E-state index contributed by atoms with van der Waals surface area (Å²) in [5.41, 5.74) is 2.58. The Morgan fingerprint density at radius 2 is 1.71 bits per heavy atom. The molecule has 1 atom stereocenters. The Morgan fingerprint density at radius 1 is 1.03 bits per heavy atom. The molecule has 0 radical (unpaired) electrons. The molecule has 2 aromatic carbocycles. The van der Waals surface area contributed by atoms with E-state index in [-0.39, 0.29) is 17.9 Å². The molecule has 0 aliphatic carbocycles. The molecule has 182 valence electrons. The number of aryl methyl sites for hydroxylation is 2. The Hall–Kier alpha value is -3.52. The molecule has 1 heterocycles. The minimum Gasteiger partial charge on any atom is -0.507 e. The van der Waals surface area contributed by atoms with Crippen LogP contribution in [0, 0.1) is 13.8 Å². The van der Waals surface area contributed by atoms with Gasteiger partial charge in [-0.2, -0.15) is 0 Å². The first kappa shape index (κ1) is 25.1. The summed E-state index contributed by atoms with van der Waals surface area (Å²) in [6, 6.07) is 8.08. The van der Waals surface area contributed by atoms with Crippen molar-refractivity contribution in [3.8, 4) is 17.2 Å². The van der Waals surface area contributed by atoms with Gasteiger partial charge in [0.2, 0.25) is 0 Å². The number of hydrogen-bond acceptors (Lipinski definition) is 7. The van der Waals surface area contributed by atoms with Crippen LogP contribution in [-0.4, -0.2) is 75.1 Å². The highest BCUT2D eigenvalue weighted by molar-refractivity contribution is 6.46. The summed E-state index contributed by atoms with van der Waals surface area (Å²) in [4.78, 5) is 29.9. The van der Waals surface area contributed by atoms with Crippen LogP contribution in [0.25, 0.3) is 5.76 Å². The fraction of sp³-hybridized carbons (Fsp3) is 0.385. The van der Waals surface area contributed by atoms with Crippen molar-refractivity contribution in [2.24, 2.45) is 0 Å². The lowest BCUT2D eigenvalue weighted by molar-refractivity contribution is -0.140. The highest BCUT2D eigenvalue weighted by atomic mass is 16.5. The topological polar surface area (TPSA) is 88.5 Å². The average molecular weight is 469 g/mol. The van der Waals surface area contributed by atoms with Crippen molar-refractivity contribution < 1.29 is 28.9 Å². The number of ketones is 1. The number of rotatable bonds is 8. The lowest BCUT2D eigenvalue weighted by atomic mass is 9.93. The van der Waals surface area contributed by atoms with E-state index in [4.69, 9.17) is 14.2 Å². The number of nitrogens with zero attached hydrogens (tertiary/aromatic N) is 2. The second kappa shape index (κ2) is 10.2. The molecule has 1 saturated heterocycles. The fourth-order valence-corrected chi connectivity index (χ4v) is 4.42. The number of amides is 1. The summed E-state index contributed by atoms with van der Waals surface area (Å²) < 4.78 is 16.6. The molecule has 3 rings (SSSR count). The Morgan fingerprint density at radius 3 is 2.29 bits per heavy atom. The van der Waals surface area contributed by atoms with Crippen molar-refractivity contribution >= 4 is 17.4 Å². The van der Waals surface area contributed by atoms with Gasteiger partial charge in [-0.15, -0.1) is 0 Å². The molecule has 1 N–H and O–H groups in total. The molecular weight excluding hydrogens is 436 g/mol. The van der Waals surface area contributed by atoms with E-state index in [9.17, 15) is 14.7 Å². The first-order chi connectivity index (χ1) is 16.2. The maximum Gasteiger partial charge on any atom is 0.295 e. The largest absolute Gasteiger partial charge is 0.507 e. The Labute approximate surface area is 200 Å². The monoisotopic (exact) mass is 468 g/mol. The van der Waals surface area contributed by atoms with Crippen LogP contribution in [0.15, 0.2) is 35.9 Å². The Kier molecular flexibility index (Phi) is 7.51. The highest BCUT2D eigenvalue weighted by Crippen LogP contribution is 2.46. The van der Waals surface area contributed by atoms with Gasteiger partial charge in [-0.05, 0) is 51.2 Å². The minimum absolute atomic E-state index is 0.0152. The SMILES string of the molecule is COc1cccc(C2/C(=C(\O)c3cc(C)cc(C)c3OC)C(=O)C(=O)N2CCN(C)C)c1OC. The van der Waals surface area contributed by atoms with Crippen LogP contribution in [0.1, 0.15) is 28.3 Å². The summed E-state index contributed by atoms with van der Waals surface area (Å²) in [5.74, 6) is -0.427. The summed E-state index contributed by atoms with van der Waals surface area (Å²) in [5, 5.41) is 11.5. The zero-order chi connectivity index (χ0) is 25.2. The smallest absolute Gasteiger partial charge is 0.295 e. The predicted molar refractivity (Wildman–Crippen MR) is 130 cm³/mol. The fourth-order valence-electron chi connectivity index (χ4n) is 4.42. The first-order valence-electron chi connectivity index (χ1n) is 11.0. The van der Waals surface area contributed by atoms with Crippen LogP contribution < -0.4 is 14.2 Å². The van der Waals surface area contributed by atoms with Gasteiger partial charge in [-0.25, -0.2) is 0 Å². The van der Waals surface area contributed by atoms with Crippen molar-refractivity contribution in [1.82, 2.24) is 9.80 Å². The number of Topliss-reactive ketones (excluding diaryl/α,β-unsaturated/α-hetero) is 1. The number of hydrogen-bond donors (Lipinski definition) is 1. The third kappa shape index (κ3) is 4.46. The second-order valence-electron chi connectivity index (χ2n) is 8.54. The summed E-state index contributed by atoms with van der Waals surface area (Å²) in [6.45, 7) is 4.56. The standard InChI is InChI=1S/C26H32N2O6/c1-15-13-16(2)24(33-6)18(14-15)22(29)20-21(17-9-8-10-19(32-5)25(17)34-7)28(12-11-27(3)4)26(31)23(20)30/h8-10,13-14,21,29H,11-12H2,1-7H3/b22-20+. The molecular formula is C26H32N2O6. The third-order valence-corrected chi connectivity index (χ3v) is 5.93. The molecule has 1 aliphatic rings. The van der Waals surface area contributed by atoms with Gasteiger partial charge in [0.25, 0.3) is 11.7 Å². The molecule has 8 heteroatoms. The number of benzene rings is 2. The number of para-hydroxylation sites is 1. The van der Waals surface area contributed by atoms with Gasteiger partial charge in [0.1, 0.15) is 11.5 Å². The molecule has 34 heavy (non-hydrogen) atoms. The summed E-state index contributed by atoms with van der Waals surface area (Å²) in [7, 11) is 8.30. The van der Waals surface area contributed by atoms with Gasteiger partial charge in [0.05, 0.1) is 38.5 Å². The zero-order valence-corrected chi connectivity index (χ0v) is 20.8. The van der Waals surface area contributed by atoms with Crippen LogP contribution in [0.4, 0.5) is 0 Å². The van der Waals surface area contributed by atoms with E-state index in [1.165, 1.54) is 26.2 Å². The number of likely N-dealkylation sites (tertiary alicyclic amines) is 1. The molecule has 1 amide bonds. The lowest BCUT2D eigenvalue weighted by Crippen LogP contribution is -2.35. The average Bonchev–Trinajstić information content (AvgIpc) is 3.05. The Bertz CT molecular complexity index is 1140. The third-order valence-electron chi connectivity index (χ3n) is 5.93. The van der Waals surface area contributed by atoms with Crippen molar-refractivity contribution in [2.75, 3.05) is 48.5 Å². The van der Waals surface area contributed by atoms with E-state index in [1.54, 1.807) is 24.3 Å². The van der Waals surface area contributed by atoms with Crippen molar-refractivity contribution in [3.63, 3.8) is 0 Å². The van der Waals surface area contributed by atoms with Crippen LogP contribution in [0.5, 0.6) is 17.2 Å². The number of likely N-dealkylation sites (N-methyl/N-ethyl adjacent to an activating group) is 1. The van der Waals surface area contributed by atoms with E-state index in [2.05, 4.69) is 0 Å². The van der Waals surface area contributed by atoms with Crippen molar-refractivity contribution in [1.29, 1.82) is 0 Å². The lowest BCUT2D eigenvalue weighted by Gasteiger charge is -2.28. The number of aliphatic hydroxyl groups excluding tert-OH is 1. The van der Waals surface area contributed by atoms with Gasteiger partial charge >= 0.3 is 0 Å². The zero-order valence-electron chi connectivity index (χ0n) is 20.8. The van der Waals surface area contributed by atoms with Crippen LogP contribution >= 0.6 is 0 Å². The molecule has 0 saturated carbocycles. The molecule has 2 aromatic rings. The molecule has 8 nitrogen and oxygen atoms in total. The molecule has 1 aliphatic heterocycles. The maximum absolute atomic E-state index is 13.3. The van der Waals surface area contributed by atoms with Crippen LogP contribution in [0.2, 0.25) is 0 Å². The molecule has 0 spiro atoms. The van der Waals surface area contributed by atoms with Gasteiger partial charge < -0.3 is 29.1 Å². The normalized spacial score (nSPS) is 17.4. The van der Waals surface area contributed by atoms with Gasteiger partial charge in [-0.1, -0.05) is 18.2 Å². The summed E-state index contributed by atoms with van der Waals surface area (Å²) >= 11 is 0. The molecule has 0 bridgehead atoms. The van der Waals surface area contributed by atoms with E-state index in [0.29, 0.717) is 34.9 Å². The number of ether oxygens (including phenoxy) is 3. The molecule has 1 fully saturated rings. The molecule has 1 unspecified atom stereocenters. The molecule has 0 aromatic heterocycles. The number of aliphatic hydroxyl groups is 1. The van der Waals surface area contributed by atoms with E-state index >= 15 is 0 Å². The summed E-state index contributed by atoms with van der Waals surface area (Å²) in [6.07, 6.45) is 0. The highest BCUT2D eigenvalue weighted by Gasteiger charge is 2.47. The van der Waals surface area contributed by atoms with Crippen LogP contribution in [0.3, 0.4) is 0 Å². The van der Waals surface area contributed by atoms with Gasteiger partial charge in [0.15, 0.2) is 11.5 Å². The Balaban J connectivity index is 2.33. The predicted octanol–water partition coefficient (Wildman–Crippen LogP) is 3.31. The number of methoxy groups -OCH3 is 3. The quantitative estimate of drug-likeness (QED) is 0.361.